The number of esters is 1. The molecule has 3 N–H and O–H groups in total. The second kappa shape index (κ2) is 12.1. The van der Waals surface area contributed by atoms with Crippen LogP contribution in [0.2, 0.25) is 10.0 Å². The number of hydrogen-bond donors (Lipinski definition) is 3. The van der Waals surface area contributed by atoms with E-state index in [1.165, 1.54) is 12.1 Å². The summed E-state index contributed by atoms with van der Waals surface area (Å²) in [4.78, 5) is 51.2. The van der Waals surface area contributed by atoms with E-state index in [4.69, 9.17) is 27.9 Å². The second-order valence-corrected chi connectivity index (χ2v) is 9.54. The number of carboxylic acid groups (broad SMARTS) is 1. The number of hydrogen-bond acceptors (Lipinski definition) is 7. The first-order valence-corrected chi connectivity index (χ1v) is 12.0. The van der Waals surface area contributed by atoms with Gasteiger partial charge >= 0.3 is 11.9 Å². The Morgan fingerprint density at radius 1 is 1.03 bits per heavy atom. The number of aromatic carboxylic acids is 1. The molecule has 3 rings (SSSR count). The lowest BCUT2D eigenvalue weighted by Gasteiger charge is -2.19. The number of carbonyl (C=O) groups is 4. The van der Waals surface area contributed by atoms with E-state index < -0.39 is 35.3 Å². The zero-order valence-corrected chi connectivity index (χ0v) is 22.1. The molecule has 198 valence electrons. The lowest BCUT2D eigenvalue weighted by atomic mass is 10.0. The molecule has 0 saturated heterocycles. The molecule has 0 radical (unpaired) electrons. The number of nitrogens with one attached hydrogen (secondary N) is 1. The number of aromatic hydroxyl groups is 1. The predicted octanol–water partition coefficient (Wildman–Crippen LogP) is 5.24. The topological polar surface area (TPSA) is 133 Å². The largest absolute Gasteiger partial charge is 0.507 e. The van der Waals surface area contributed by atoms with E-state index in [9.17, 15) is 29.4 Å². The van der Waals surface area contributed by atoms with Crippen molar-refractivity contribution in [3.63, 3.8) is 0 Å². The van der Waals surface area contributed by atoms with Gasteiger partial charge in [0.1, 0.15) is 17.4 Å². The average molecular weight is 559 g/mol. The van der Waals surface area contributed by atoms with Gasteiger partial charge < -0.3 is 25.2 Å². The van der Waals surface area contributed by atoms with Crippen LogP contribution in [0, 0.1) is 0 Å². The summed E-state index contributed by atoms with van der Waals surface area (Å²) in [5.74, 6) is -3.76. The summed E-state index contributed by atoms with van der Waals surface area (Å²) in [6.45, 7) is 2.18. The summed E-state index contributed by atoms with van der Waals surface area (Å²) >= 11 is 12.4. The predicted molar refractivity (Wildman–Crippen MR) is 144 cm³/mol. The van der Waals surface area contributed by atoms with Gasteiger partial charge in [0.15, 0.2) is 6.29 Å². The van der Waals surface area contributed by atoms with Gasteiger partial charge in [0.05, 0.1) is 16.8 Å². The maximum absolute atomic E-state index is 13.2. The highest BCUT2D eigenvalue weighted by molar-refractivity contribution is 6.36. The molecule has 1 atom stereocenters. The molecule has 0 bridgehead atoms. The highest BCUT2D eigenvalue weighted by Crippen LogP contribution is 2.34. The number of anilines is 1. The van der Waals surface area contributed by atoms with Gasteiger partial charge in [-0.3, -0.25) is 9.59 Å². The zero-order valence-electron chi connectivity index (χ0n) is 20.6. The Morgan fingerprint density at radius 3 is 2.34 bits per heavy atom. The molecule has 0 heterocycles. The minimum Gasteiger partial charge on any atom is -0.507 e. The molecule has 3 aromatic carbocycles. The Kier molecular flexibility index (Phi) is 9.11. The molecule has 9 nitrogen and oxygen atoms in total. The van der Waals surface area contributed by atoms with Gasteiger partial charge in [0, 0.05) is 27.7 Å². The summed E-state index contributed by atoms with van der Waals surface area (Å²) in [5, 5.41) is 22.6. The third-order valence-corrected chi connectivity index (χ3v) is 5.98. The molecule has 0 aromatic heterocycles. The van der Waals surface area contributed by atoms with Gasteiger partial charge in [-0.1, -0.05) is 35.3 Å². The van der Waals surface area contributed by atoms with E-state index >= 15 is 0 Å². The van der Waals surface area contributed by atoms with Crippen molar-refractivity contribution in [1.82, 2.24) is 4.90 Å². The minimum atomic E-state index is -1.49. The number of amides is 1. The minimum absolute atomic E-state index is 0.0164. The zero-order chi connectivity index (χ0) is 28.1. The maximum Gasteiger partial charge on any atom is 0.340 e. The number of carboxylic acids is 1. The molecule has 3 aromatic rings. The van der Waals surface area contributed by atoms with E-state index in [1.54, 1.807) is 31.2 Å². The molecule has 1 amide bonds. The van der Waals surface area contributed by atoms with E-state index in [0.717, 1.165) is 12.1 Å². The van der Waals surface area contributed by atoms with Crippen molar-refractivity contribution in [2.45, 2.75) is 13.0 Å². The van der Waals surface area contributed by atoms with Crippen molar-refractivity contribution in [3.8, 4) is 16.9 Å². The van der Waals surface area contributed by atoms with Crippen LogP contribution in [0.15, 0.2) is 48.5 Å². The van der Waals surface area contributed by atoms with Crippen LogP contribution in [-0.4, -0.2) is 66.0 Å². The Bertz CT molecular complexity index is 1420. The van der Waals surface area contributed by atoms with Crippen molar-refractivity contribution < 1.29 is 34.1 Å². The number of nitrogens with zero attached hydrogens (tertiary/aromatic N) is 1. The molecular formula is C27H24Cl2N2O7. The van der Waals surface area contributed by atoms with Crippen molar-refractivity contribution in [3.05, 3.63) is 80.8 Å². The van der Waals surface area contributed by atoms with Crippen LogP contribution < -0.4 is 5.32 Å². The van der Waals surface area contributed by atoms with Crippen LogP contribution in [0.1, 0.15) is 48.4 Å². The van der Waals surface area contributed by atoms with E-state index in [-0.39, 0.29) is 22.4 Å². The monoisotopic (exact) mass is 558 g/mol. The first-order chi connectivity index (χ1) is 17.9. The molecule has 38 heavy (non-hydrogen) atoms. The van der Waals surface area contributed by atoms with Crippen molar-refractivity contribution in [2.24, 2.45) is 0 Å². The van der Waals surface area contributed by atoms with Crippen LogP contribution in [0.3, 0.4) is 0 Å². The van der Waals surface area contributed by atoms with Crippen LogP contribution in [0.25, 0.3) is 11.1 Å². The Balaban J connectivity index is 2.09. The molecule has 0 aliphatic heterocycles. The number of likely N-dealkylation sites (N-methyl/N-ethyl adjacent to an activating group) is 1. The molecule has 0 fully saturated rings. The summed E-state index contributed by atoms with van der Waals surface area (Å²) < 4.78 is 5.53. The van der Waals surface area contributed by atoms with Gasteiger partial charge in [0.25, 0.3) is 5.91 Å². The van der Waals surface area contributed by atoms with E-state index in [1.807, 2.05) is 19.0 Å². The van der Waals surface area contributed by atoms with Gasteiger partial charge in [0.2, 0.25) is 0 Å². The number of aldehydes is 1. The fourth-order valence-electron chi connectivity index (χ4n) is 3.77. The fraction of sp³-hybridized carbons (Fsp3) is 0.185. The first-order valence-electron chi connectivity index (χ1n) is 11.2. The SMILES string of the molecule is CC(CN(C)C)OC(=O)c1ccc(-c2ccc(Cl)cc2Cl)cc1NC(=O)c1cc(C(=O)O)c(O)cc1C=O. The Hall–Kier alpha value is -3.92. The van der Waals surface area contributed by atoms with Gasteiger partial charge in [-0.15, -0.1) is 0 Å². The fourth-order valence-corrected chi connectivity index (χ4v) is 4.29. The lowest BCUT2D eigenvalue weighted by Crippen LogP contribution is -2.28. The number of benzene rings is 3. The van der Waals surface area contributed by atoms with Crippen LogP contribution in [0.5, 0.6) is 5.75 Å². The standard InChI is InChI=1S/C27H24Cl2N2O7/c1-14(12-31(2)3)38-27(37)19-6-4-15(18-7-5-17(28)10-22(18)29)8-23(19)30-25(34)20-11-21(26(35)36)24(33)9-16(20)13-32/h4-11,13-14,33H,12H2,1-3H3,(H,30,34)(H,35,36). The highest BCUT2D eigenvalue weighted by Gasteiger charge is 2.23. The average Bonchev–Trinajstić information content (AvgIpc) is 2.82. The molecule has 0 spiro atoms. The summed E-state index contributed by atoms with van der Waals surface area (Å²) in [7, 11) is 3.66. The molecule has 0 aliphatic carbocycles. The normalized spacial score (nSPS) is 11.6. The molecule has 1 unspecified atom stereocenters. The van der Waals surface area contributed by atoms with Gasteiger partial charge in [-0.25, -0.2) is 9.59 Å². The number of halogens is 2. The molecule has 0 aliphatic rings. The van der Waals surface area contributed by atoms with Crippen LogP contribution in [0.4, 0.5) is 5.69 Å². The molecular weight excluding hydrogens is 535 g/mol. The maximum atomic E-state index is 13.2. The third-order valence-electron chi connectivity index (χ3n) is 5.43. The van der Waals surface area contributed by atoms with Gasteiger partial charge in [-0.2, -0.15) is 0 Å². The second-order valence-electron chi connectivity index (χ2n) is 8.70. The number of carbonyl (C=O) groups excluding carboxylic acids is 3. The molecule has 11 heteroatoms. The van der Waals surface area contributed by atoms with Crippen LogP contribution >= 0.6 is 23.2 Å². The van der Waals surface area contributed by atoms with Crippen molar-refractivity contribution in [2.75, 3.05) is 26.0 Å². The van der Waals surface area contributed by atoms with Crippen molar-refractivity contribution in [1.29, 1.82) is 0 Å². The summed E-state index contributed by atoms with van der Waals surface area (Å²) in [5.41, 5.74) is 0.0203. The third kappa shape index (κ3) is 6.69. The summed E-state index contributed by atoms with van der Waals surface area (Å²) in [6.07, 6.45) is -0.161. The highest BCUT2D eigenvalue weighted by atomic mass is 35.5. The number of rotatable bonds is 9. The Morgan fingerprint density at radius 2 is 1.74 bits per heavy atom. The lowest BCUT2D eigenvalue weighted by molar-refractivity contribution is 0.0290. The first kappa shape index (κ1) is 28.6. The van der Waals surface area contributed by atoms with Gasteiger partial charge in [-0.05, 0) is 63.0 Å². The van der Waals surface area contributed by atoms with Crippen LogP contribution in [-0.2, 0) is 4.74 Å². The molecule has 0 saturated carbocycles. The van der Waals surface area contributed by atoms with Crippen molar-refractivity contribution >= 4 is 53.0 Å². The smallest absolute Gasteiger partial charge is 0.340 e. The number of phenols is 1. The Labute approximate surface area is 228 Å². The quantitative estimate of drug-likeness (QED) is 0.240. The van der Waals surface area contributed by atoms with E-state index in [0.29, 0.717) is 34.0 Å². The summed E-state index contributed by atoms with van der Waals surface area (Å²) in [6, 6.07) is 11.2. The number of ether oxygens (including phenoxy) is 1. The van der Waals surface area contributed by atoms with E-state index in [2.05, 4.69) is 5.32 Å².